The van der Waals surface area contributed by atoms with Crippen molar-refractivity contribution in [3.63, 3.8) is 0 Å². The molecule has 0 amide bonds. The van der Waals surface area contributed by atoms with Gasteiger partial charge >= 0.3 is 252 Å². The second-order valence-corrected chi connectivity index (χ2v) is 17.4. The van der Waals surface area contributed by atoms with Crippen LogP contribution < -0.4 is 18.7 Å². The normalized spacial score (nSPS) is 18.3. The number of unbranched alkanes of at least 4 members (excludes halogenated alkanes) is 2. The Morgan fingerprint density at radius 1 is 0.878 bits per heavy atom. The topological polar surface area (TPSA) is 147 Å². The van der Waals surface area contributed by atoms with Crippen LogP contribution in [0.2, 0.25) is 5.32 Å². The zero-order valence-electron chi connectivity index (χ0n) is 23.0. The molecular weight excluding hydrogens is 698 g/mol. The molecular formula is C28H38N2O7S2Se2. The van der Waals surface area contributed by atoms with Gasteiger partial charge in [0.05, 0.1) is 0 Å². The zero-order valence-corrected chi connectivity index (χ0v) is 28.0. The summed E-state index contributed by atoms with van der Waals surface area (Å²) in [6.07, 6.45) is 7.68. The van der Waals surface area contributed by atoms with E-state index >= 15 is 0 Å². The fourth-order valence-electron chi connectivity index (χ4n) is 4.87. The standard InChI is InChI=1S/C28H36N2O6S2Se2.H2O/c1-2-22(20-28-30(16-8-10-18-38(34,35)36)25-12-4-6-14-27(25)40-28)19-23-21-39-26-13-5-3-11-24(26)29(23)15-7-9-17-37(31,32)33;/h3-6,11-14,19-20,23H,2,7-10,15-18,21H2,1H3,(H,31,32,33)(H,34,35,36);1H2. The van der Waals surface area contributed by atoms with Gasteiger partial charge < -0.3 is 5.48 Å². The molecule has 2 aliphatic heterocycles. The Morgan fingerprint density at radius 3 is 2.10 bits per heavy atom. The number of hydrogen-bond acceptors (Lipinski definition) is 6. The van der Waals surface area contributed by atoms with Crippen molar-refractivity contribution in [2.75, 3.05) is 34.4 Å². The Kier molecular flexibility index (Phi) is 12.5. The minimum Gasteiger partial charge on any atom is -0.412 e. The van der Waals surface area contributed by atoms with Crippen LogP contribution in [0.25, 0.3) is 0 Å². The van der Waals surface area contributed by atoms with Crippen molar-refractivity contribution in [3.05, 3.63) is 70.9 Å². The van der Waals surface area contributed by atoms with Crippen molar-refractivity contribution in [1.82, 2.24) is 0 Å². The van der Waals surface area contributed by atoms with Gasteiger partial charge in [-0.25, -0.2) is 0 Å². The number of benzene rings is 2. The van der Waals surface area contributed by atoms with E-state index in [4.69, 9.17) is 9.11 Å². The van der Waals surface area contributed by atoms with E-state index in [1.807, 2.05) is 12.1 Å². The molecule has 0 saturated carbocycles. The Hall–Kier alpha value is -1.66. The van der Waals surface area contributed by atoms with Crippen LogP contribution in [0.1, 0.15) is 39.0 Å². The van der Waals surface area contributed by atoms with Crippen LogP contribution >= 0.6 is 0 Å². The first-order valence-corrected chi connectivity index (χ1v) is 20.4. The molecule has 13 heteroatoms. The van der Waals surface area contributed by atoms with Crippen molar-refractivity contribution in [1.29, 1.82) is 0 Å². The second-order valence-electron chi connectivity index (χ2n) is 9.82. The van der Waals surface area contributed by atoms with E-state index < -0.39 is 20.2 Å². The molecule has 0 spiro atoms. The Bertz CT molecular complexity index is 1460. The van der Waals surface area contributed by atoms with Gasteiger partial charge in [-0.3, -0.25) is 0 Å². The van der Waals surface area contributed by atoms with Crippen molar-refractivity contribution in [2.45, 2.75) is 50.4 Å². The molecule has 2 aromatic rings. The number of rotatable bonds is 13. The smallest absolute Gasteiger partial charge is 0.412 e. The minimum absolute atomic E-state index is 0. The fraction of sp³-hybridized carbons (Fsp3) is 0.429. The van der Waals surface area contributed by atoms with E-state index in [-0.39, 0.29) is 38.0 Å². The molecule has 2 aromatic carbocycles. The van der Waals surface area contributed by atoms with E-state index in [9.17, 15) is 16.8 Å². The van der Waals surface area contributed by atoms with Gasteiger partial charge in [0.25, 0.3) is 0 Å². The van der Waals surface area contributed by atoms with Gasteiger partial charge in [-0.05, 0) is 0 Å². The van der Waals surface area contributed by atoms with Crippen molar-refractivity contribution in [3.8, 4) is 0 Å². The third-order valence-electron chi connectivity index (χ3n) is 6.83. The number of fused-ring (bicyclic) bond motifs is 2. The quantitative estimate of drug-likeness (QED) is 0.181. The maximum absolute atomic E-state index is 11.2. The molecule has 0 aliphatic carbocycles. The van der Waals surface area contributed by atoms with Crippen LogP contribution in [0.5, 0.6) is 0 Å². The third kappa shape index (κ3) is 9.95. The van der Waals surface area contributed by atoms with Crippen LogP contribution in [0, 0.1) is 0 Å². The summed E-state index contributed by atoms with van der Waals surface area (Å²) in [4.78, 5) is 4.69. The summed E-state index contributed by atoms with van der Waals surface area (Å²) in [5.74, 6) is -0.445. The van der Waals surface area contributed by atoms with Crippen LogP contribution in [0.3, 0.4) is 0 Å². The molecule has 4 rings (SSSR count). The average Bonchev–Trinajstić information content (AvgIpc) is 3.25. The van der Waals surface area contributed by atoms with E-state index in [1.54, 1.807) is 0 Å². The molecule has 0 aromatic heterocycles. The molecule has 41 heavy (non-hydrogen) atoms. The first kappa shape index (κ1) is 33.8. The van der Waals surface area contributed by atoms with Crippen LogP contribution in [0.4, 0.5) is 11.4 Å². The summed E-state index contributed by atoms with van der Waals surface area (Å²) >= 11 is 0.466. The summed E-state index contributed by atoms with van der Waals surface area (Å²) < 4.78 is 67.0. The van der Waals surface area contributed by atoms with Gasteiger partial charge in [-0.15, -0.1) is 0 Å². The van der Waals surface area contributed by atoms with Gasteiger partial charge in [0.15, 0.2) is 0 Å². The van der Waals surface area contributed by atoms with Gasteiger partial charge in [0.1, 0.15) is 0 Å². The number of hydrogen-bond donors (Lipinski definition) is 2. The molecule has 0 radical (unpaired) electrons. The largest absolute Gasteiger partial charge is 0.412 e. The summed E-state index contributed by atoms with van der Waals surface area (Å²) in [6.45, 7) is 3.57. The van der Waals surface area contributed by atoms with Gasteiger partial charge in [0, 0.05) is 0 Å². The molecule has 0 fully saturated rings. The summed E-state index contributed by atoms with van der Waals surface area (Å²) in [6, 6.07) is 17.0. The summed E-state index contributed by atoms with van der Waals surface area (Å²) in [5, 5.41) is 1.03. The first-order valence-electron chi connectivity index (χ1n) is 13.4. The molecule has 2 heterocycles. The van der Waals surface area contributed by atoms with E-state index in [0.717, 1.165) is 11.7 Å². The third-order valence-corrected chi connectivity index (χ3v) is 13.2. The fourth-order valence-corrected chi connectivity index (χ4v) is 10.8. The van der Waals surface area contributed by atoms with Gasteiger partial charge in [-0.2, -0.15) is 0 Å². The van der Waals surface area contributed by atoms with Crippen LogP contribution in [-0.2, 0) is 20.2 Å². The van der Waals surface area contributed by atoms with E-state index in [1.165, 1.54) is 30.5 Å². The van der Waals surface area contributed by atoms with E-state index in [0.29, 0.717) is 53.7 Å². The molecule has 4 N–H and O–H groups in total. The molecule has 0 saturated heterocycles. The number of anilines is 2. The first-order chi connectivity index (χ1) is 19.0. The molecule has 9 nitrogen and oxygen atoms in total. The Morgan fingerprint density at radius 2 is 1.46 bits per heavy atom. The molecule has 0 bridgehead atoms. The SMILES string of the molecule is CCC(=CC1C[Se]c2ccccc2N1CCCCS(=O)(=O)O)C=C1[Se]c2ccccc2N1CCCCS(=O)(=O)O.O. The molecule has 1 atom stereocenters. The predicted molar refractivity (Wildman–Crippen MR) is 168 cm³/mol. The van der Waals surface area contributed by atoms with Crippen molar-refractivity contribution in [2.24, 2.45) is 0 Å². The zero-order chi connectivity index (χ0) is 28.8. The van der Waals surface area contributed by atoms with Gasteiger partial charge in [-0.1, -0.05) is 0 Å². The predicted octanol–water partition coefficient (Wildman–Crippen LogP) is 2.16. The van der Waals surface area contributed by atoms with Crippen molar-refractivity contribution >= 4 is 70.4 Å². The second kappa shape index (κ2) is 15.2. The minimum atomic E-state index is -3.96. The summed E-state index contributed by atoms with van der Waals surface area (Å²) in [5.41, 5.74) is 3.63. The molecule has 2 aliphatic rings. The van der Waals surface area contributed by atoms with Crippen LogP contribution in [0.15, 0.2) is 70.9 Å². The molecule has 1 unspecified atom stereocenters. The van der Waals surface area contributed by atoms with Crippen LogP contribution in [-0.4, -0.2) is 92.0 Å². The number of nitrogens with zero attached hydrogens (tertiary/aromatic N) is 2. The maximum Gasteiger partial charge on any atom is -0.412 e. The monoisotopic (exact) mass is 738 g/mol. The number of para-hydroxylation sites is 2. The summed E-state index contributed by atoms with van der Waals surface area (Å²) in [7, 11) is -7.92. The van der Waals surface area contributed by atoms with Crippen molar-refractivity contribution < 1.29 is 31.4 Å². The number of allylic oxidation sites excluding steroid dienone is 2. The maximum atomic E-state index is 11.2. The Balaban J connectivity index is 0.00000462. The Labute approximate surface area is 256 Å². The van der Waals surface area contributed by atoms with E-state index in [2.05, 4.69) is 65.3 Å². The van der Waals surface area contributed by atoms with Gasteiger partial charge in [0.2, 0.25) is 0 Å². The molecule has 226 valence electrons. The average molecular weight is 737 g/mol.